The van der Waals surface area contributed by atoms with Gasteiger partial charge in [0.2, 0.25) is 0 Å². The molecule has 0 amide bonds. The van der Waals surface area contributed by atoms with Crippen LogP contribution in [0.2, 0.25) is 0 Å². The highest BCUT2D eigenvalue weighted by Crippen LogP contribution is 2.31. The van der Waals surface area contributed by atoms with Gasteiger partial charge in [-0.3, -0.25) is 19.7 Å². The Morgan fingerprint density at radius 3 is 2.59 bits per heavy atom. The molecule has 1 saturated carbocycles. The zero-order chi connectivity index (χ0) is 22.9. The summed E-state index contributed by atoms with van der Waals surface area (Å²) >= 11 is 0. The lowest BCUT2D eigenvalue weighted by Gasteiger charge is -2.23. The zero-order valence-electron chi connectivity index (χ0n) is 18.0. The van der Waals surface area contributed by atoms with Crippen molar-refractivity contribution in [2.75, 3.05) is 0 Å². The molecule has 166 valence electrons. The number of ketones is 1. The SMILES string of the molecule is CC(C)(C(=O)Cc1ccc(-c2cnccn2)cc1F)c1cccc(CS(=O)(=O)C2CC2)n1. The number of aromatic nitrogens is 3. The number of carbonyl (C=O) groups excluding carboxylic acids is 1. The van der Waals surface area contributed by atoms with Gasteiger partial charge in [0.1, 0.15) is 11.6 Å². The molecular weight excluding hydrogens is 429 g/mol. The summed E-state index contributed by atoms with van der Waals surface area (Å²) in [6, 6.07) is 9.73. The maximum absolute atomic E-state index is 14.7. The van der Waals surface area contributed by atoms with Crippen LogP contribution in [-0.2, 0) is 32.2 Å². The van der Waals surface area contributed by atoms with E-state index in [0.717, 1.165) is 0 Å². The lowest BCUT2D eigenvalue weighted by atomic mass is 9.81. The van der Waals surface area contributed by atoms with Crippen molar-refractivity contribution in [2.45, 2.75) is 49.5 Å². The summed E-state index contributed by atoms with van der Waals surface area (Å²) in [5.74, 6) is -0.832. The van der Waals surface area contributed by atoms with Gasteiger partial charge in [0, 0.05) is 24.4 Å². The van der Waals surface area contributed by atoms with Crippen molar-refractivity contribution < 1.29 is 17.6 Å². The van der Waals surface area contributed by atoms with Gasteiger partial charge >= 0.3 is 0 Å². The summed E-state index contributed by atoms with van der Waals surface area (Å²) in [6.07, 6.45) is 5.92. The third kappa shape index (κ3) is 4.75. The third-order valence-corrected chi connectivity index (χ3v) is 7.97. The number of hydrogen-bond acceptors (Lipinski definition) is 6. The quantitative estimate of drug-likeness (QED) is 0.515. The van der Waals surface area contributed by atoms with E-state index < -0.39 is 21.1 Å². The average Bonchev–Trinajstić information content (AvgIpc) is 3.62. The first-order chi connectivity index (χ1) is 15.2. The van der Waals surface area contributed by atoms with E-state index in [2.05, 4.69) is 15.0 Å². The maximum Gasteiger partial charge on any atom is 0.158 e. The van der Waals surface area contributed by atoms with Gasteiger partial charge in [0.05, 0.1) is 39.7 Å². The lowest BCUT2D eigenvalue weighted by Crippen LogP contribution is -2.32. The summed E-state index contributed by atoms with van der Waals surface area (Å²) < 4.78 is 39.4. The minimum atomic E-state index is -3.21. The first-order valence-corrected chi connectivity index (χ1v) is 12.1. The number of Topliss-reactive ketones (excluding diaryl/α,β-unsaturated/α-hetero) is 1. The van der Waals surface area contributed by atoms with Crippen LogP contribution in [0.4, 0.5) is 4.39 Å². The highest BCUT2D eigenvalue weighted by Gasteiger charge is 2.36. The van der Waals surface area contributed by atoms with Gasteiger partial charge < -0.3 is 0 Å². The van der Waals surface area contributed by atoms with Crippen LogP contribution < -0.4 is 0 Å². The molecule has 0 radical (unpaired) electrons. The van der Waals surface area contributed by atoms with Crippen molar-refractivity contribution in [2.24, 2.45) is 0 Å². The van der Waals surface area contributed by atoms with E-state index >= 15 is 0 Å². The largest absolute Gasteiger partial charge is 0.298 e. The van der Waals surface area contributed by atoms with Crippen LogP contribution in [0, 0.1) is 5.82 Å². The molecule has 1 aliphatic rings. The first kappa shape index (κ1) is 22.2. The number of rotatable bonds is 8. The van der Waals surface area contributed by atoms with Crippen molar-refractivity contribution in [1.82, 2.24) is 15.0 Å². The van der Waals surface area contributed by atoms with Gasteiger partial charge in [-0.2, -0.15) is 0 Å². The molecule has 4 rings (SSSR count). The fourth-order valence-corrected chi connectivity index (χ4v) is 5.16. The third-order valence-electron chi connectivity index (χ3n) is 5.79. The Balaban J connectivity index is 1.52. The first-order valence-electron chi connectivity index (χ1n) is 10.4. The molecule has 0 bridgehead atoms. The molecule has 1 aliphatic carbocycles. The molecular formula is C24H24FN3O3S. The van der Waals surface area contributed by atoms with Crippen LogP contribution in [-0.4, -0.2) is 34.4 Å². The van der Waals surface area contributed by atoms with Crippen molar-refractivity contribution in [1.29, 1.82) is 0 Å². The number of carbonyl (C=O) groups is 1. The van der Waals surface area contributed by atoms with Crippen molar-refractivity contribution in [3.05, 3.63) is 77.8 Å². The van der Waals surface area contributed by atoms with Crippen LogP contribution in [0.5, 0.6) is 0 Å². The topological polar surface area (TPSA) is 89.9 Å². The Morgan fingerprint density at radius 2 is 1.94 bits per heavy atom. The van der Waals surface area contributed by atoms with Gasteiger partial charge in [-0.1, -0.05) is 18.2 Å². The van der Waals surface area contributed by atoms with E-state index in [0.29, 0.717) is 35.5 Å². The van der Waals surface area contributed by atoms with Gasteiger partial charge in [0.15, 0.2) is 9.84 Å². The van der Waals surface area contributed by atoms with Crippen LogP contribution in [0.15, 0.2) is 55.0 Å². The second-order valence-electron chi connectivity index (χ2n) is 8.64. The fraction of sp³-hybridized carbons (Fsp3) is 0.333. The molecule has 0 saturated heterocycles. The summed E-state index contributed by atoms with van der Waals surface area (Å²) in [4.78, 5) is 25.7. The van der Waals surface area contributed by atoms with Crippen molar-refractivity contribution in [3.63, 3.8) is 0 Å². The minimum absolute atomic E-state index is 0.105. The van der Waals surface area contributed by atoms with Crippen LogP contribution in [0.3, 0.4) is 0 Å². The van der Waals surface area contributed by atoms with Crippen molar-refractivity contribution in [3.8, 4) is 11.3 Å². The number of hydrogen-bond donors (Lipinski definition) is 0. The second kappa shape index (κ2) is 8.50. The average molecular weight is 454 g/mol. The highest BCUT2D eigenvalue weighted by molar-refractivity contribution is 7.91. The van der Waals surface area contributed by atoms with Crippen LogP contribution >= 0.6 is 0 Å². The number of benzene rings is 1. The number of nitrogens with zero attached hydrogens (tertiary/aromatic N) is 3. The zero-order valence-corrected chi connectivity index (χ0v) is 18.8. The normalized spacial score (nSPS) is 14.3. The predicted octanol–water partition coefficient (Wildman–Crippen LogP) is 3.84. The molecule has 0 unspecified atom stereocenters. The Labute approximate surface area is 186 Å². The van der Waals surface area contributed by atoms with Crippen LogP contribution in [0.1, 0.15) is 43.6 Å². The number of pyridine rings is 1. The van der Waals surface area contributed by atoms with Gasteiger partial charge in [-0.05, 0) is 50.5 Å². The lowest BCUT2D eigenvalue weighted by molar-refractivity contribution is -0.123. The number of halogens is 1. The molecule has 0 aliphatic heterocycles. The molecule has 8 heteroatoms. The Hall–Kier alpha value is -3.00. The van der Waals surface area contributed by atoms with E-state index in [9.17, 15) is 17.6 Å². The maximum atomic E-state index is 14.7. The van der Waals surface area contributed by atoms with E-state index in [1.54, 1.807) is 56.6 Å². The molecule has 0 N–H and O–H groups in total. The molecule has 1 fully saturated rings. The molecule has 32 heavy (non-hydrogen) atoms. The summed E-state index contributed by atoms with van der Waals surface area (Å²) in [5.41, 5.74) is 1.31. The highest BCUT2D eigenvalue weighted by atomic mass is 32.2. The fourth-order valence-electron chi connectivity index (χ4n) is 3.49. The summed E-state index contributed by atoms with van der Waals surface area (Å²) in [7, 11) is -3.21. The van der Waals surface area contributed by atoms with E-state index in [1.807, 2.05) is 0 Å². The molecule has 1 aromatic carbocycles. The van der Waals surface area contributed by atoms with E-state index in [-0.39, 0.29) is 28.8 Å². The van der Waals surface area contributed by atoms with E-state index in [4.69, 9.17) is 0 Å². The molecule has 3 aromatic rings. The summed E-state index contributed by atoms with van der Waals surface area (Å²) in [5, 5.41) is -0.268. The van der Waals surface area contributed by atoms with Gasteiger partial charge in [-0.25, -0.2) is 12.8 Å². The molecule has 2 heterocycles. The van der Waals surface area contributed by atoms with Crippen LogP contribution in [0.25, 0.3) is 11.3 Å². The molecule has 0 spiro atoms. The minimum Gasteiger partial charge on any atom is -0.298 e. The number of sulfone groups is 1. The smallest absolute Gasteiger partial charge is 0.158 e. The van der Waals surface area contributed by atoms with E-state index in [1.165, 1.54) is 12.3 Å². The molecule has 6 nitrogen and oxygen atoms in total. The molecule has 0 atom stereocenters. The van der Waals surface area contributed by atoms with Gasteiger partial charge in [-0.15, -0.1) is 0 Å². The molecule has 2 aromatic heterocycles. The Kier molecular flexibility index (Phi) is 5.90. The van der Waals surface area contributed by atoms with Gasteiger partial charge in [0.25, 0.3) is 0 Å². The Morgan fingerprint density at radius 1 is 1.16 bits per heavy atom. The van der Waals surface area contributed by atoms with Crippen molar-refractivity contribution >= 4 is 15.6 Å². The monoisotopic (exact) mass is 453 g/mol. The Bertz CT molecular complexity index is 1260. The second-order valence-corrected chi connectivity index (χ2v) is 10.9. The predicted molar refractivity (Wildman–Crippen MR) is 119 cm³/mol. The standard InChI is InChI=1S/C24H24FN3O3S/c1-24(2,22-5-3-4-18(28-22)15-32(30,31)19-8-9-19)23(29)13-16-6-7-17(12-20(16)25)21-14-26-10-11-27-21/h3-7,10-12,14,19H,8-9,13,15H2,1-2H3. The summed E-state index contributed by atoms with van der Waals surface area (Å²) in [6.45, 7) is 3.45.